The van der Waals surface area contributed by atoms with Crippen molar-refractivity contribution in [3.63, 3.8) is 0 Å². The van der Waals surface area contributed by atoms with Gasteiger partial charge < -0.3 is 5.11 Å². The lowest BCUT2D eigenvalue weighted by molar-refractivity contribution is -0.137. The number of Topliss-reactive ketones (excluding diaryl/α,β-unsaturated/α-hetero) is 1. The molecule has 138 valence electrons. The van der Waals surface area contributed by atoms with Crippen LogP contribution in [-0.2, 0) is 9.59 Å². The van der Waals surface area contributed by atoms with Gasteiger partial charge in [0.15, 0.2) is 0 Å². The first-order valence-corrected chi connectivity index (χ1v) is 9.51. The number of halogens is 1. The van der Waals surface area contributed by atoms with E-state index >= 15 is 0 Å². The van der Waals surface area contributed by atoms with Crippen molar-refractivity contribution in [2.24, 2.45) is 11.8 Å². The summed E-state index contributed by atoms with van der Waals surface area (Å²) in [5.41, 5.74) is 1.39. The van der Waals surface area contributed by atoms with Crippen LogP contribution in [0.3, 0.4) is 0 Å². The van der Waals surface area contributed by atoms with Crippen molar-refractivity contribution in [1.29, 1.82) is 5.26 Å². The Morgan fingerprint density at radius 3 is 2.77 bits per heavy atom. The van der Waals surface area contributed by atoms with Gasteiger partial charge in [-0.1, -0.05) is 49.1 Å². The number of rotatable bonds is 9. The van der Waals surface area contributed by atoms with E-state index < -0.39 is 5.97 Å². The second-order valence-electron chi connectivity index (χ2n) is 6.83. The molecule has 0 spiro atoms. The number of ketones is 1. The van der Waals surface area contributed by atoms with E-state index in [-0.39, 0.29) is 18.3 Å². The van der Waals surface area contributed by atoms with Crippen molar-refractivity contribution in [3.05, 3.63) is 40.4 Å². The molecule has 1 fully saturated rings. The number of nitrogens with zero attached hydrogens (tertiary/aromatic N) is 1. The van der Waals surface area contributed by atoms with Gasteiger partial charge in [0.1, 0.15) is 11.9 Å². The highest BCUT2D eigenvalue weighted by Crippen LogP contribution is 2.34. The summed E-state index contributed by atoms with van der Waals surface area (Å²) >= 11 is 6.06. The predicted molar refractivity (Wildman–Crippen MR) is 102 cm³/mol. The van der Waals surface area contributed by atoms with E-state index in [0.29, 0.717) is 29.2 Å². The summed E-state index contributed by atoms with van der Waals surface area (Å²) in [6, 6.07) is 7.37. The van der Waals surface area contributed by atoms with E-state index in [2.05, 4.69) is 6.08 Å². The molecule has 26 heavy (non-hydrogen) atoms. The Hall–Kier alpha value is -2.12. The number of hydrogen-bond acceptors (Lipinski definition) is 3. The summed E-state index contributed by atoms with van der Waals surface area (Å²) in [4.78, 5) is 22.7. The smallest absolute Gasteiger partial charge is 0.303 e. The molecule has 0 aromatic heterocycles. The van der Waals surface area contributed by atoms with Crippen LogP contribution in [0.25, 0.3) is 6.08 Å². The van der Waals surface area contributed by atoms with Crippen LogP contribution >= 0.6 is 11.6 Å². The van der Waals surface area contributed by atoms with Gasteiger partial charge in [-0.3, -0.25) is 9.59 Å². The Balaban J connectivity index is 1.85. The molecule has 0 saturated heterocycles. The first kappa shape index (κ1) is 20.2. The van der Waals surface area contributed by atoms with E-state index in [1.54, 1.807) is 12.1 Å². The molecule has 1 aromatic rings. The molecule has 1 aromatic carbocycles. The van der Waals surface area contributed by atoms with Crippen molar-refractivity contribution in [2.45, 2.75) is 51.4 Å². The fourth-order valence-corrected chi connectivity index (χ4v) is 3.73. The maximum atomic E-state index is 12.2. The highest BCUT2D eigenvalue weighted by molar-refractivity contribution is 6.31. The monoisotopic (exact) mass is 373 g/mol. The van der Waals surface area contributed by atoms with Crippen molar-refractivity contribution in [2.75, 3.05) is 0 Å². The number of nitriles is 1. The third kappa shape index (κ3) is 6.00. The molecular weight excluding hydrogens is 350 g/mol. The lowest BCUT2D eigenvalue weighted by Crippen LogP contribution is -2.13. The maximum Gasteiger partial charge on any atom is 0.303 e. The number of aliphatic carboxylic acids is 1. The molecular formula is C21H24ClNO3. The van der Waals surface area contributed by atoms with Crippen molar-refractivity contribution in [1.82, 2.24) is 0 Å². The molecule has 0 bridgehead atoms. The normalized spacial score (nSPS) is 19.8. The van der Waals surface area contributed by atoms with Gasteiger partial charge in [-0.15, -0.1) is 0 Å². The average Bonchev–Trinajstić information content (AvgIpc) is 2.96. The van der Waals surface area contributed by atoms with Gasteiger partial charge in [0.05, 0.1) is 10.6 Å². The first-order chi connectivity index (χ1) is 12.5. The van der Waals surface area contributed by atoms with Crippen LogP contribution in [0.4, 0.5) is 0 Å². The maximum absolute atomic E-state index is 12.2. The second kappa shape index (κ2) is 10.1. The zero-order valence-corrected chi connectivity index (χ0v) is 15.5. The van der Waals surface area contributed by atoms with Crippen LogP contribution in [0.1, 0.15) is 62.5 Å². The number of hydrogen-bond donors (Lipinski definition) is 1. The van der Waals surface area contributed by atoms with Gasteiger partial charge >= 0.3 is 5.97 Å². The standard InChI is InChI=1S/C21H24ClNO3/c22-19-13-15(8-10-17(19)14-23)7-9-16-11-12-20(24)18(16)5-3-1-2-4-6-21(25)26/h7-10,13,16,18H,1-6,11-12H2,(H,25,26)/b9-7+. The molecule has 1 aliphatic carbocycles. The molecule has 2 rings (SSSR count). The highest BCUT2D eigenvalue weighted by Gasteiger charge is 2.32. The molecule has 2 unspecified atom stereocenters. The molecule has 5 heteroatoms. The Bertz CT molecular complexity index is 720. The molecule has 0 amide bonds. The lowest BCUT2D eigenvalue weighted by atomic mass is 9.89. The molecule has 4 nitrogen and oxygen atoms in total. The van der Waals surface area contributed by atoms with Gasteiger partial charge in [-0.2, -0.15) is 5.26 Å². The van der Waals surface area contributed by atoms with Gasteiger partial charge in [0, 0.05) is 18.8 Å². The molecule has 0 heterocycles. The fraction of sp³-hybridized carbons (Fsp3) is 0.476. The molecule has 1 saturated carbocycles. The molecule has 0 radical (unpaired) electrons. The summed E-state index contributed by atoms with van der Waals surface area (Å²) < 4.78 is 0. The molecule has 1 aliphatic rings. The van der Waals surface area contributed by atoms with Crippen molar-refractivity contribution in [3.8, 4) is 6.07 Å². The van der Waals surface area contributed by atoms with Crippen LogP contribution in [0, 0.1) is 23.2 Å². The minimum Gasteiger partial charge on any atom is -0.481 e. The summed E-state index contributed by atoms with van der Waals surface area (Å²) in [6.45, 7) is 0. The minimum atomic E-state index is -0.746. The van der Waals surface area contributed by atoms with Crippen LogP contribution in [0.15, 0.2) is 24.3 Å². The third-order valence-corrected chi connectivity index (χ3v) is 5.27. The third-order valence-electron chi connectivity index (χ3n) is 4.96. The Morgan fingerprint density at radius 2 is 2.08 bits per heavy atom. The molecule has 2 atom stereocenters. The van der Waals surface area contributed by atoms with Crippen LogP contribution in [0.5, 0.6) is 0 Å². The molecule has 0 aliphatic heterocycles. The van der Waals surface area contributed by atoms with E-state index in [1.165, 1.54) is 0 Å². The Kier molecular flexibility index (Phi) is 7.87. The minimum absolute atomic E-state index is 0.0691. The largest absolute Gasteiger partial charge is 0.481 e. The Morgan fingerprint density at radius 1 is 1.31 bits per heavy atom. The van der Waals surface area contributed by atoms with Gasteiger partial charge in [-0.05, 0) is 42.9 Å². The van der Waals surface area contributed by atoms with Crippen LogP contribution in [-0.4, -0.2) is 16.9 Å². The van der Waals surface area contributed by atoms with E-state index in [0.717, 1.165) is 37.7 Å². The van der Waals surface area contributed by atoms with Gasteiger partial charge in [-0.25, -0.2) is 0 Å². The topological polar surface area (TPSA) is 78.2 Å². The number of carboxylic acid groups (broad SMARTS) is 1. The number of carbonyl (C=O) groups is 2. The number of carboxylic acids is 1. The van der Waals surface area contributed by atoms with E-state index in [4.69, 9.17) is 22.0 Å². The van der Waals surface area contributed by atoms with Crippen LogP contribution < -0.4 is 0 Å². The van der Waals surface area contributed by atoms with Gasteiger partial charge in [0.25, 0.3) is 0 Å². The van der Waals surface area contributed by atoms with Crippen molar-refractivity contribution < 1.29 is 14.7 Å². The fourth-order valence-electron chi connectivity index (χ4n) is 3.49. The lowest BCUT2D eigenvalue weighted by Gasteiger charge is -2.14. The SMILES string of the molecule is N#Cc1ccc(/C=C/C2CCC(=O)C2CCCCCCC(=O)O)cc1Cl. The first-order valence-electron chi connectivity index (χ1n) is 9.13. The number of carbonyl (C=O) groups excluding carboxylic acids is 1. The van der Waals surface area contributed by atoms with Gasteiger partial charge in [0.2, 0.25) is 0 Å². The average molecular weight is 374 g/mol. The van der Waals surface area contributed by atoms with Crippen molar-refractivity contribution >= 4 is 29.4 Å². The predicted octanol–water partition coefficient (Wildman–Crippen LogP) is 5.25. The number of unbranched alkanes of at least 4 members (excludes halogenated alkanes) is 3. The zero-order valence-electron chi connectivity index (χ0n) is 14.8. The summed E-state index contributed by atoms with van der Waals surface area (Å²) in [7, 11) is 0. The number of benzene rings is 1. The summed E-state index contributed by atoms with van der Waals surface area (Å²) in [5, 5.41) is 18.0. The zero-order chi connectivity index (χ0) is 18.9. The summed E-state index contributed by atoms with van der Waals surface area (Å²) in [6.07, 6.45) is 10.2. The Labute approximate surface area is 159 Å². The molecule has 1 N–H and O–H groups in total. The van der Waals surface area contributed by atoms with E-state index in [1.807, 2.05) is 18.2 Å². The highest BCUT2D eigenvalue weighted by atomic mass is 35.5. The second-order valence-corrected chi connectivity index (χ2v) is 7.24. The summed E-state index contributed by atoms with van der Waals surface area (Å²) in [5.74, 6) is -0.0948. The number of allylic oxidation sites excluding steroid dienone is 1. The van der Waals surface area contributed by atoms with Crippen LogP contribution in [0.2, 0.25) is 5.02 Å². The quantitative estimate of drug-likeness (QED) is 0.600. The van der Waals surface area contributed by atoms with E-state index in [9.17, 15) is 9.59 Å².